The predicted octanol–water partition coefficient (Wildman–Crippen LogP) is 2.74. The highest BCUT2D eigenvalue weighted by molar-refractivity contribution is 9.10. The van der Waals surface area contributed by atoms with Crippen LogP contribution in [-0.4, -0.2) is 4.98 Å². The fourth-order valence-corrected chi connectivity index (χ4v) is 1.67. The molecule has 1 aromatic heterocycles. The van der Waals surface area contributed by atoms with Gasteiger partial charge in [0.05, 0.1) is 0 Å². The fourth-order valence-electron chi connectivity index (χ4n) is 1.41. The third kappa shape index (κ3) is 3.44. The van der Waals surface area contributed by atoms with Gasteiger partial charge in [-0.3, -0.25) is 0 Å². The van der Waals surface area contributed by atoms with Crippen LogP contribution >= 0.6 is 15.9 Å². The Morgan fingerprint density at radius 2 is 1.76 bits per heavy atom. The molecule has 0 aliphatic carbocycles. The number of pyridine rings is 1. The molecule has 0 amide bonds. The van der Waals surface area contributed by atoms with Gasteiger partial charge >= 0.3 is 0 Å². The summed E-state index contributed by atoms with van der Waals surface area (Å²) in [6, 6.07) is 13.8. The number of hydrogen-bond donors (Lipinski definition) is 3. The van der Waals surface area contributed by atoms with Gasteiger partial charge < -0.3 is 10.7 Å². The second kappa shape index (κ2) is 5.65. The Kier molecular flexibility index (Phi) is 3.95. The maximum atomic E-state index is 5.30. The maximum absolute atomic E-state index is 5.30. The van der Waals surface area contributed by atoms with Crippen molar-refractivity contribution in [2.45, 2.75) is 6.54 Å². The molecule has 0 saturated heterocycles. The third-order valence-electron chi connectivity index (χ3n) is 2.28. The van der Waals surface area contributed by atoms with Crippen molar-refractivity contribution in [1.82, 2.24) is 4.98 Å². The molecule has 88 valence electrons. The molecule has 2 rings (SSSR count). The van der Waals surface area contributed by atoms with Crippen molar-refractivity contribution < 1.29 is 0 Å². The summed E-state index contributed by atoms with van der Waals surface area (Å²) in [5, 5.41) is 3.23. The first-order chi connectivity index (χ1) is 8.28. The first-order valence-electron chi connectivity index (χ1n) is 5.20. The van der Waals surface area contributed by atoms with E-state index in [-0.39, 0.29) is 0 Å². The molecule has 4 N–H and O–H groups in total. The van der Waals surface area contributed by atoms with E-state index in [1.54, 1.807) is 0 Å². The Hall–Kier alpha value is -1.59. The van der Waals surface area contributed by atoms with Crippen molar-refractivity contribution in [3.8, 4) is 0 Å². The Morgan fingerprint density at radius 3 is 2.47 bits per heavy atom. The van der Waals surface area contributed by atoms with Gasteiger partial charge in [-0.2, -0.15) is 0 Å². The van der Waals surface area contributed by atoms with Gasteiger partial charge in [-0.15, -0.1) is 0 Å². The standard InChI is InChI=1S/C12H13BrN4/c13-10-6-4-9(5-7-10)8-15-11-2-1-3-12(16-11)17-14/h1-7H,8,14H2,(H2,15,16,17). The molecular weight excluding hydrogens is 280 g/mol. The summed E-state index contributed by atoms with van der Waals surface area (Å²) in [4.78, 5) is 4.27. The molecule has 1 aromatic carbocycles. The molecule has 17 heavy (non-hydrogen) atoms. The van der Waals surface area contributed by atoms with Crippen LogP contribution in [0.2, 0.25) is 0 Å². The van der Waals surface area contributed by atoms with E-state index in [2.05, 4.69) is 43.8 Å². The van der Waals surface area contributed by atoms with E-state index in [0.29, 0.717) is 5.82 Å². The minimum absolute atomic E-state index is 0.644. The van der Waals surface area contributed by atoms with Gasteiger partial charge in [-0.25, -0.2) is 10.8 Å². The molecule has 1 heterocycles. The van der Waals surface area contributed by atoms with E-state index in [1.165, 1.54) is 5.56 Å². The number of nitrogen functional groups attached to an aromatic ring is 1. The van der Waals surface area contributed by atoms with E-state index in [4.69, 9.17) is 5.84 Å². The minimum atomic E-state index is 0.644. The number of nitrogens with zero attached hydrogens (tertiary/aromatic N) is 1. The average Bonchev–Trinajstić information content (AvgIpc) is 2.38. The molecule has 0 unspecified atom stereocenters. The lowest BCUT2D eigenvalue weighted by Gasteiger charge is -2.07. The second-order valence-corrected chi connectivity index (χ2v) is 4.45. The quantitative estimate of drug-likeness (QED) is 0.599. The summed E-state index contributed by atoms with van der Waals surface area (Å²) >= 11 is 3.41. The van der Waals surface area contributed by atoms with Crippen molar-refractivity contribution in [3.05, 3.63) is 52.5 Å². The SMILES string of the molecule is NNc1cccc(NCc2ccc(Br)cc2)n1. The van der Waals surface area contributed by atoms with Crippen molar-refractivity contribution in [2.24, 2.45) is 5.84 Å². The highest BCUT2D eigenvalue weighted by Crippen LogP contribution is 2.13. The number of aromatic nitrogens is 1. The Morgan fingerprint density at radius 1 is 1.06 bits per heavy atom. The highest BCUT2D eigenvalue weighted by atomic mass is 79.9. The smallest absolute Gasteiger partial charge is 0.142 e. The van der Waals surface area contributed by atoms with E-state index < -0.39 is 0 Å². The van der Waals surface area contributed by atoms with Crippen LogP contribution < -0.4 is 16.6 Å². The zero-order valence-corrected chi connectivity index (χ0v) is 10.7. The molecule has 0 spiro atoms. The zero-order chi connectivity index (χ0) is 12.1. The van der Waals surface area contributed by atoms with Gasteiger partial charge in [0.1, 0.15) is 11.6 Å². The molecule has 0 atom stereocenters. The molecule has 0 bridgehead atoms. The summed E-state index contributed by atoms with van der Waals surface area (Å²) in [6.07, 6.45) is 0. The van der Waals surface area contributed by atoms with Crippen molar-refractivity contribution >= 4 is 27.6 Å². The van der Waals surface area contributed by atoms with Gasteiger partial charge in [0.25, 0.3) is 0 Å². The fraction of sp³-hybridized carbons (Fsp3) is 0.0833. The lowest BCUT2D eigenvalue weighted by atomic mass is 10.2. The molecule has 5 heteroatoms. The van der Waals surface area contributed by atoms with Crippen molar-refractivity contribution in [2.75, 3.05) is 10.7 Å². The van der Waals surface area contributed by atoms with Crippen LogP contribution in [-0.2, 0) is 6.54 Å². The number of benzene rings is 1. The third-order valence-corrected chi connectivity index (χ3v) is 2.81. The number of hydrazine groups is 1. The topological polar surface area (TPSA) is 63.0 Å². The van der Waals surface area contributed by atoms with Crippen LogP contribution in [0.3, 0.4) is 0 Å². The minimum Gasteiger partial charge on any atom is -0.366 e. The summed E-state index contributed by atoms with van der Waals surface area (Å²) in [5.74, 6) is 6.74. The molecule has 4 nitrogen and oxygen atoms in total. The van der Waals surface area contributed by atoms with Crippen LogP contribution in [0.1, 0.15) is 5.56 Å². The van der Waals surface area contributed by atoms with Crippen LogP contribution in [0, 0.1) is 0 Å². The highest BCUT2D eigenvalue weighted by Gasteiger charge is 1.97. The second-order valence-electron chi connectivity index (χ2n) is 3.53. The van der Waals surface area contributed by atoms with Gasteiger partial charge in [0.15, 0.2) is 0 Å². The number of rotatable bonds is 4. The molecule has 0 fully saturated rings. The lowest BCUT2D eigenvalue weighted by Crippen LogP contribution is -2.09. The van der Waals surface area contributed by atoms with Crippen molar-refractivity contribution in [1.29, 1.82) is 0 Å². The van der Waals surface area contributed by atoms with Gasteiger partial charge in [-0.05, 0) is 29.8 Å². The van der Waals surface area contributed by atoms with Crippen LogP contribution in [0.25, 0.3) is 0 Å². The number of nitrogens with one attached hydrogen (secondary N) is 2. The van der Waals surface area contributed by atoms with E-state index in [9.17, 15) is 0 Å². The predicted molar refractivity (Wildman–Crippen MR) is 73.5 cm³/mol. The van der Waals surface area contributed by atoms with E-state index in [1.807, 2.05) is 30.3 Å². The summed E-state index contributed by atoms with van der Waals surface area (Å²) in [5.41, 5.74) is 3.71. The van der Waals surface area contributed by atoms with Crippen LogP contribution in [0.4, 0.5) is 11.6 Å². The summed E-state index contributed by atoms with van der Waals surface area (Å²) < 4.78 is 1.08. The first kappa shape index (κ1) is 11.9. The molecule has 2 aromatic rings. The molecule has 0 aliphatic rings. The molecule has 0 saturated carbocycles. The maximum Gasteiger partial charge on any atom is 0.142 e. The number of hydrogen-bond acceptors (Lipinski definition) is 4. The average molecular weight is 293 g/mol. The first-order valence-corrected chi connectivity index (χ1v) is 5.99. The lowest BCUT2D eigenvalue weighted by molar-refractivity contribution is 1.10. The molecular formula is C12H13BrN4. The van der Waals surface area contributed by atoms with E-state index >= 15 is 0 Å². The molecule has 0 aliphatic heterocycles. The van der Waals surface area contributed by atoms with Crippen LogP contribution in [0.5, 0.6) is 0 Å². The number of nitrogens with two attached hydrogens (primary N) is 1. The molecule has 0 radical (unpaired) electrons. The summed E-state index contributed by atoms with van der Waals surface area (Å²) in [7, 11) is 0. The van der Waals surface area contributed by atoms with Gasteiger partial charge in [0.2, 0.25) is 0 Å². The van der Waals surface area contributed by atoms with Gasteiger partial charge in [0, 0.05) is 11.0 Å². The normalized spacial score (nSPS) is 10.0. The Bertz CT molecular complexity index is 484. The Labute approximate surface area is 108 Å². The zero-order valence-electron chi connectivity index (χ0n) is 9.15. The van der Waals surface area contributed by atoms with Gasteiger partial charge in [-0.1, -0.05) is 34.1 Å². The largest absolute Gasteiger partial charge is 0.366 e. The van der Waals surface area contributed by atoms with E-state index in [0.717, 1.165) is 16.8 Å². The summed E-state index contributed by atoms with van der Waals surface area (Å²) in [6.45, 7) is 0.730. The van der Waals surface area contributed by atoms with Crippen molar-refractivity contribution in [3.63, 3.8) is 0 Å². The van der Waals surface area contributed by atoms with Crippen LogP contribution in [0.15, 0.2) is 46.9 Å². The Balaban J connectivity index is 1.99. The monoisotopic (exact) mass is 292 g/mol. The number of anilines is 2. The number of halogens is 1.